The second-order valence-electron chi connectivity index (χ2n) is 6.14. The van der Waals surface area contributed by atoms with Gasteiger partial charge in [-0.1, -0.05) is 34.6 Å². The van der Waals surface area contributed by atoms with Gasteiger partial charge in [-0.2, -0.15) is 16.9 Å². The van der Waals surface area contributed by atoms with Gasteiger partial charge in [0, 0.05) is 29.2 Å². The quantitative estimate of drug-likeness (QED) is 0.830. The molecule has 0 aromatic carbocycles. The monoisotopic (exact) mass is 283 g/mol. The molecule has 4 heteroatoms. The smallest absolute Gasteiger partial charge is 0.0640 e. The van der Waals surface area contributed by atoms with Crippen molar-refractivity contribution in [1.29, 1.82) is 0 Å². The normalized spacial score (nSPS) is 14.1. The zero-order chi connectivity index (χ0) is 14.5. The summed E-state index contributed by atoms with van der Waals surface area (Å²) in [6.07, 6.45) is 5.22. The summed E-state index contributed by atoms with van der Waals surface area (Å²) in [6.45, 7) is 11.1. The Balaban J connectivity index is 2.49. The van der Waals surface area contributed by atoms with Gasteiger partial charge < -0.3 is 5.73 Å². The maximum absolute atomic E-state index is 6.19. The van der Waals surface area contributed by atoms with Gasteiger partial charge in [-0.15, -0.1) is 0 Å². The van der Waals surface area contributed by atoms with Crippen LogP contribution in [0.15, 0.2) is 12.3 Å². The molecule has 0 aliphatic rings. The van der Waals surface area contributed by atoms with E-state index in [2.05, 4.69) is 56.7 Å². The second kappa shape index (κ2) is 7.34. The predicted molar refractivity (Wildman–Crippen MR) is 85.7 cm³/mol. The number of nitrogens with zero attached hydrogens (tertiary/aromatic N) is 2. The van der Waals surface area contributed by atoms with Crippen LogP contribution in [-0.4, -0.2) is 26.3 Å². The van der Waals surface area contributed by atoms with Crippen LogP contribution in [0.25, 0.3) is 0 Å². The lowest BCUT2D eigenvalue weighted by molar-refractivity contribution is 0.424. The molecule has 0 aliphatic heterocycles. The third-order valence-corrected chi connectivity index (χ3v) is 4.64. The van der Waals surface area contributed by atoms with Gasteiger partial charge >= 0.3 is 0 Å². The van der Waals surface area contributed by atoms with Crippen LogP contribution in [0.4, 0.5) is 0 Å². The van der Waals surface area contributed by atoms with Crippen molar-refractivity contribution in [3.8, 4) is 0 Å². The Hall–Kier alpha value is -0.480. The van der Waals surface area contributed by atoms with Crippen LogP contribution < -0.4 is 5.73 Å². The van der Waals surface area contributed by atoms with Gasteiger partial charge in [0.15, 0.2) is 0 Å². The first-order valence-electron chi connectivity index (χ1n) is 7.29. The molecule has 0 spiro atoms. The number of rotatable bonds is 7. The summed E-state index contributed by atoms with van der Waals surface area (Å²) in [7, 11) is 0. The second-order valence-corrected chi connectivity index (χ2v) is 7.99. The van der Waals surface area contributed by atoms with Crippen LogP contribution in [-0.2, 0) is 6.42 Å². The van der Waals surface area contributed by atoms with Crippen molar-refractivity contribution in [3.63, 3.8) is 0 Å². The molecular formula is C15H29N3S. The number of hydrogen-bond acceptors (Lipinski definition) is 3. The number of aromatic nitrogens is 2. The maximum Gasteiger partial charge on any atom is 0.0640 e. The Kier molecular flexibility index (Phi) is 6.40. The number of nitrogens with two attached hydrogens (primary N) is 1. The lowest BCUT2D eigenvalue weighted by Crippen LogP contribution is -2.28. The van der Waals surface area contributed by atoms with E-state index in [0.717, 1.165) is 30.7 Å². The summed E-state index contributed by atoms with van der Waals surface area (Å²) in [6, 6.07) is 2.82. The first kappa shape index (κ1) is 16.6. The van der Waals surface area contributed by atoms with E-state index in [1.54, 1.807) is 0 Å². The Labute approximate surface area is 122 Å². The summed E-state index contributed by atoms with van der Waals surface area (Å²) >= 11 is 1.92. The molecule has 0 aliphatic carbocycles. The highest BCUT2D eigenvalue weighted by molar-refractivity contribution is 8.00. The zero-order valence-corrected chi connectivity index (χ0v) is 13.8. The molecule has 0 radical (unpaired) electrons. The van der Waals surface area contributed by atoms with Crippen LogP contribution in [0.5, 0.6) is 0 Å². The van der Waals surface area contributed by atoms with Crippen LogP contribution in [0.3, 0.4) is 0 Å². The summed E-state index contributed by atoms with van der Waals surface area (Å²) in [4.78, 5) is 0. The van der Waals surface area contributed by atoms with Gasteiger partial charge in [0.05, 0.1) is 11.7 Å². The fourth-order valence-corrected chi connectivity index (χ4v) is 2.87. The number of hydrogen-bond donors (Lipinski definition) is 1. The Morgan fingerprint density at radius 2 is 1.95 bits per heavy atom. The van der Waals surface area contributed by atoms with Crippen molar-refractivity contribution in [2.75, 3.05) is 5.75 Å². The molecule has 0 bridgehead atoms. The lowest BCUT2D eigenvalue weighted by atomic mass is 10.2. The highest BCUT2D eigenvalue weighted by atomic mass is 32.2. The summed E-state index contributed by atoms with van der Waals surface area (Å²) in [5.74, 6) is 0.987. The van der Waals surface area contributed by atoms with E-state index in [-0.39, 0.29) is 10.8 Å². The molecule has 0 amide bonds. The standard InChI is InChI=1S/C15H29N3S/c1-6-14(7-2)18-9-8-13(17-18)10-12(16)11-19-15(3,4)5/h8-9,12,14H,6-7,10-11,16H2,1-5H3. The average molecular weight is 283 g/mol. The minimum absolute atomic E-state index is 0.189. The Morgan fingerprint density at radius 1 is 1.32 bits per heavy atom. The van der Waals surface area contributed by atoms with Crippen molar-refractivity contribution in [2.45, 2.75) is 70.7 Å². The maximum atomic E-state index is 6.19. The van der Waals surface area contributed by atoms with Gasteiger partial charge in [0.2, 0.25) is 0 Å². The first-order valence-corrected chi connectivity index (χ1v) is 8.27. The van der Waals surface area contributed by atoms with E-state index in [0.29, 0.717) is 6.04 Å². The van der Waals surface area contributed by atoms with E-state index < -0.39 is 0 Å². The molecule has 2 N–H and O–H groups in total. The third-order valence-electron chi connectivity index (χ3n) is 3.18. The zero-order valence-electron chi connectivity index (χ0n) is 13.0. The minimum atomic E-state index is 0.189. The van der Waals surface area contributed by atoms with Gasteiger partial charge in [-0.25, -0.2) is 0 Å². The Morgan fingerprint density at radius 3 is 2.47 bits per heavy atom. The molecule has 0 saturated heterocycles. The molecule has 0 saturated carbocycles. The molecule has 1 aromatic heterocycles. The van der Waals surface area contributed by atoms with E-state index in [1.807, 2.05) is 11.8 Å². The fourth-order valence-electron chi connectivity index (χ4n) is 2.04. The van der Waals surface area contributed by atoms with Crippen molar-refractivity contribution in [1.82, 2.24) is 9.78 Å². The Bertz CT molecular complexity index is 364. The van der Waals surface area contributed by atoms with Crippen molar-refractivity contribution >= 4 is 11.8 Å². The van der Waals surface area contributed by atoms with Gasteiger partial charge in [0.25, 0.3) is 0 Å². The average Bonchev–Trinajstić information content (AvgIpc) is 2.76. The predicted octanol–water partition coefficient (Wildman–Crippen LogP) is 3.65. The van der Waals surface area contributed by atoms with Crippen LogP contribution in [0.2, 0.25) is 0 Å². The SMILES string of the molecule is CCC(CC)n1ccc(CC(N)CSC(C)(C)C)n1. The molecule has 1 atom stereocenters. The molecule has 3 nitrogen and oxygen atoms in total. The molecule has 1 unspecified atom stereocenters. The summed E-state index contributed by atoms with van der Waals surface area (Å²) in [5.41, 5.74) is 7.31. The number of thioether (sulfide) groups is 1. The third kappa shape index (κ3) is 6.00. The van der Waals surface area contributed by atoms with E-state index in [1.165, 1.54) is 0 Å². The van der Waals surface area contributed by atoms with E-state index in [4.69, 9.17) is 5.73 Å². The summed E-state index contributed by atoms with van der Waals surface area (Å²) < 4.78 is 2.38. The lowest BCUT2D eigenvalue weighted by Gasteiger charge is -2.20. The van der Waals surface area contributed by atoms with Crippen molar-refractivity contribution in [3.05, 3.63) is 18.0 Å². The fraction of sp³-hybridized carbons (Fsp3) is 0.800. The molecule has 19 heavy (non-hydrogen) atoms. The van der Waals surface area contributed by atoms with Crippen molar-refractivity contribution in [2.24, 2.45) is 5.73 Å². The van der Waals surface area contributed by atoms with Crippen LogP contribution in [0.1, 0.15) is 59.2 Å². The van der Waals surface area contributed by atoms with Gasteiger partial charge in [-0.3, -0.25) is 4.68 Å². The van der Waals surface area contributed by atoms with Crippen LogP contribution in [0, 0.1) is 0 Å². The highest BCUT2D eigenvalue weighted by Crippen LogP contribution is 2.24. The van der Waals surface area contributed by atoms with E-state index >= 15 is 0 Å². The van der Waals surface area contributed by atoms with Gasteiger partial charge in [-0.05, 0) is 18.9 Å². The molecule has 1 rings (SSSR count). The largest absolute Gasteiger partial charge is 0.327 e. The minimum Gasteiger partial charge on any atom is -0.327 e. The van der Waals surface area contributed by atoms with Gasteiger partial charge in [0.1, 0.15) is 0 Å². The summed E-state index contributed by atoms with van der Waals surface area (Å²) in [5, 5.41) is 4.66. The molecule has 1 aromatic rings. The van der Waals surface area contributed by atoms with Crippen LogP contribution >= 0.6 is 11.8 Å². The molecule has 110 valence electrons. The van der Waals surface area contributed by atoms with Crippen molar-refractivity contribution < 1.29 is 0 Å². The molecular weight excluding hydrogens is 254 g/mol. The highest BCUT2D eigenvalue weighted by Gasteiger charge is 2.15. The molecule has 1 heterocycles. The van der Waals surface area contributed by atoms with E-state index in [9.17, 15) is 0 Å². The molecule has 0 fully saturated rings. The first-order chi connectivity index (χ1) is 8.85. The topological polar surface area (TPSA) is 43.8 Å².